The molecule has 0 saturated carbocycles. The molecule has 3 aromatic carbocycles. The van der Waals surface area contributed by atoms with Crippen molar-refractivity contribution in [3.05, 3.63) is 76.9 Å². The molecule has 1 unspecified atom stereocenters. The van der Waals surface area contributed by atoms with Crippen LogP contribution >= 0.6 is 0 Å². The predicted molar refractivity (Wildman–Crippen MR) is 119 cm³/mol. The summed E-state index contributed by atoms with van der Waals surface area (Å²) in [5.41, 5.74) is 2.04. The number of phenols is 2. The lowest BCUT2D eigenvalue weighted by Crippen LogP contribution is -2.09. The van der Waals surface area contributed by atoms with E-state index in [9.17, 15) is 15.0 Å². The molecular formula is C25H26O7. The van der Waals surface area contributed by atoms with Gasteiger partial charge in [-0.1, -0.05) is 12.1 Å². The summed E-state index contributed by atoms with van der Waals surface area (Å²) in [4.78, 5) is 11.9. The fraction of sp³-hybridized carbons (Fsp3) is 0.240. The van der Waals surface area contributed by atoms with E-state index in [0.29, 0.717) is 17.9 Å². The topological polar surface area (TPSA) is 94.5 Å². The maximum absolute atomic E-state index is 11.9. The van der Waals surface area contributed by atoms with Crippen LogP contribution < -0.4 is 14.2 Å². The van der Waals surface area contributed by atoms with E-state index >= 15 is 0 Å². The standard InChI is InChI=1S/C25H26O7/c1-29-18-7-5-15(6-8-18)9-21(16-10-19(30-2)14-20(11-16)31-3)24-22(26)12-17(13-23(24)27)25(28)32-4/h5-8,10-14,21,26-27H,9H2,1-4H3. The average molecular weight is 438 g/mol. The van der Waals surface area contributed by atoms with Crippen LogP contribution in [0.4, 0.5) is 0 Å². The minimum absolute atomic E-state index is 0.0534. The highest BCUT2D eigenvalue weighted by Gasteiger charge is 2.25. The molecule has 7 heteroatoms. The van der Waals surface area contributed by atoms with Gasteiger partial charge < -0.3 is 29.2 Å². The Kier molecular flexibility index (Phi) is 7.10. The third-order valence-electron chi connectivity index (χ3n) is 5.28. The lowest BCUT2D eigenvalue weighted by Gasteiger charge is -2.22. The molecule has 0 aliphatic heterocycles. The molecule has 0 bridgehead atoms. The summed E-state index contributed by atoms with van der Waals surface area (Å²) >= 11 is 0. The van der Waals surface area contributed by atoms with E-state index in [2.05, 4.69) is 0 Å². The Morgan fingerprint density at radius 3 is 1.78 bits per heavy atom. The average Bonchev–Trinajstić information content (AvgIpc) is 2.82. The summed E-state index contributed by atoms with van der Waals surface area (Å²) < 4.78 is 20.7. The molecule has 0 amide bonds. The zero-order chi connectivity index (χ0) is 23.3. The van der Waals surface area contributed by atoms with Gasteiger partial charge >= 0.3 is 5.97 Å². The van der Waals surface area contributed by atoms with Crippen LogP contribution in [-0.2, 0) is 11.2 Å². The van der Waals surface area contributed by atoms with Crippen molar-refractivity contribution < 1.29 is 34.0 Å². The van der Waals surface area contributed by atoms with E-state index in [0.717, 1.165) is 16.9 Å². The van der Waals surface area contributed by atoms with Gasteiger partial charge in [0.15, 0.2) is 0 Å². The van der Waals surface area contributed by atoms with E-state index in [4.69, 9.17) is 18.9 Å². The van der Waals surface area contributed by atoms with Gasteiger partial charge in [0.25, 0.3) is 0 Å². The number of carbonyl (C=O) groups excluding carboxylic acids is 1. The van der Waals surface area contributed by atoms with Gasteiger partial charge in [0, 0.05) is 17.5 Å². The Labute approximate surface area is 186 Å². The van der Waals surface area contributed by atoms with Crippen LogP contribution in [0.3, 0.4) is 0 Å². The molecule has 32 heavy (non-hydrogen) atoms. The zero-order valence-electron chi connectivity index (χ0n) is 18.4. The molecule has 7 nitrogen and oxygen atoms in total. The van der Waals surface area contributed by atoms with Crippen LogP contribution in [-0.4, -0.2) is 44.6 Å². The Morgan fingerprint density at radius 2 is 1.31 bits per heavy atom. The molecule has 3 rings (SSSR count). The predicted octanol–water partition coefficient (Wildman–Crippen LogP) is 4.28. The molecule has 0 aliphatic rings. The molecule has 0 saturated heterocycles. The minimum Gasteiger partial charge on any atom is -0.507 e. The summed E-state index contributed by atoms with van der Waals surface area (Å²) in [7, 11) is 5.94. The van der Waals surface area contributed by atoms with Crippen molar-refractivity contribution in [3.63, 3.8) is 0 Å². The third kappa shape index (κ3) is 4.88. The van der Waals surface area contributed by atoms with E-state index < -0.39 is 11.9 Å². The smallest absolute Gasteiger partial charge is 0.338 e. The number of hydrogen-bond donors (Lipinski definition) is 2. The zero-order valence-corrected chi connectivity index (χ0v) is 18.4. The first-order valence-corrected chi connectivity index (χ1v) is 9.90. The molecule has 0 aromatic heterocycles. The molecule has 0 aliphatic carbocycles. The van der Waals surface area contributed by atoms with E-state index in [-0.39, 0.29) is 22.6 Å². The molecular weight excluding hydrogens is 412 g/mol. The first kappa shape index (κ1) is 22.8. The van der Waals surface area contributed by atoms with Gasteiger partial charge in [0.05, 0.1) is 34.0 Å². The highest BCUT2D eigenvalue weighted by molar-refractivity contribution is 5.90. The minimum atomic E-state index is -0.656. The number of aromatic hydroxyl groups is 2. The van der Waals surface area contributed by atoms with E-state index in [1.807, 2.05) is 36.4 Å². The van der Waals surface area contributed by atoms with Crippen molar-refractivity contribution in [2.24, 2.45) is 0 Å². The van der Waals surface area contributed by atoms with Crippen LogP contribution in [0.2, 0.25) is 0 Å². The van der Waals surface area contributed by atoms with Crippen LogP contribution in [0.5, 0.6) is 28.7 Å². The monoisotopic (exact) mass is 438 g/mol. The second kappa shape index (κ2) is 9.96. The number of methoxy groups -OCH3 is 4. The molecule has 1 atom stereocenters. The summed E-state index contributed by atoms with van der Waals surface area (Å²) in [5, 5.41) is 21.6. The van der Waals surface area contributed by atoms with Gasteiger partial charge in [-0.25, -0.2) is 4.79 Å². The molecule has 3 aromatic rings. The summed E-state index contributed by atoms with van der Waals surface area (Å²) in [6.07, 6.45) is 0.443. The highest BCUT2D eigenvalue weighted by atomic mass is 16.5. The van der Waals surface area contributed by atoms with Crippen molar-refractivity contribution >= 4 is 5.97 Å². The first-order valence-electron chi connectivity index (χ1n) is 9.90. The molecule has 0 fully saturated rings. The number of benzene rings is 3. The van der Waals surface area contributed by atoms with Crippen LogP contribution in [0.1, 0.15) is 33.0 Å². The van der Waals surface area contributed by atoms with Gasteiger partial charge in [-0.15, -0.1) is 0 Å². The molecule has 0 radical (unpaired) electrons. The van der Waals surface area contributed by atoms with Gasteiger partial charge in [0.2, 0.25) is 0 Å². The van der Waals surface area contributed by atoms with Crippen LogP contribution in [0.15, 0.2) is 54.6 Å². The van der Waals surface area contributed by atoms with Gasteiger partial charge in [0.1, 0.15) is 28.7 Å². The second-order valence-corrected chi connectivity index (χ2v) is 7.17. The maximum Gasteiger partial charge on any atom is 0.338 e. The highest BCUT2D eigenvalue weighted by Crippen LogP contribution is 2.42. The third-order valence-corrected chi connectivity index (χ3v) is 5.28. The van der Waals surface area contributed by atoms with Crippen molar-refractivity contribution in [2.45, 2.75) is 12.3 Å². The maximum atomic E-state index is 11.9. The summed E-state index contributed by atoms with van der Waals surface area (Å²) in [6, 6.07) is 15.5. The lowest BCUT2D eigenvalue weighted by atomic mass is 9.84. The van der Waals surface area contributed by atoms with Crippen molar-refractivity contribution in [3.8, 4) is 28.7 Å². The van der Waals surface area contributed by atoms with Crippen molar-refractivity contribution in [1.82, 2.24) is 0 Å². The number of esters is 1. The number of rotatable bonds is 8. The lowest BCUT2D eigenvalue weighted by molar-refractivity contribution is 0.0599. The van der Waals surface area contributed by atoms with E-state index in [1.54, 1.807) is 27.4 Å². The number of hydrogen-bond acceptors (Lipinski definition) is 7. The molecule has 168 valence electrons. The second-order valence-electron chi connectivity index (χ2n) is 7.17. The number of carbonyl (C=O) groups is 1. The Morgan fingerprint density at radius 1 is 0.781 bits per heavy atom. The van der Waals surface area contributed by atoms with Crippen molar-refractivity contribution in [1.29, 1.82) is 0 Å². The fourth-order valence-corrected chi connectivity index (χ4v) is 3.63. The molecule has 0 heterocycles. The normalized spacial score (nSPS) is 11.5. The summed E-state index contributed by atoms with van der Waals surface area (Å²) in [6.45, 7) is 0. The van der Waals surface area contributed by atoms with Crippen LogP contribution in [0.25, 0.3) is 0 Å². The molecule has 2 N–H and O–H groups in total. The van der Waals surface area contributed by atoms with Crippen LogP contribution in [0, 0.1) is 0 Å². The SMILES string of the molecule is COC(=O)c1cc(O)c(C(Cc2ccc(OC)cc2)c2cc(OC)cc(OC)c2)c(O)c1. The largest absolute Gasteiger partial charge is 0.507 e. The van der Waals surface area contributed by atoms with E-state index in [1.165, 1.54) is 19.2 Å². The van der Waals surface area contributed by atoms with Gasteiger partial charge in [-0.3, -0.25) is 0 Å². The Bertz CT molecular complexity index is 1040. The van der Waals surface area contributed by atoms with Gasteiger partial charge in [-0.05, 0) is 53.9 Å². The Balaban J connectivity index is 2.15. The summed E-state index contributed by atoms with van der Waals surface area (Å²) in [5.74, 6) is 0.308. The number of ether oxygens (including phenoxy) is 4. The van der Waals surface area contributed by atoms with Crippen molar-refractivity contribution in [2.75, 3.05) is 28.4 Å². The first-order chi connectivity index (χ1) is 15.4. The van der Waals surface area contributed by atoms with Gasteiger partial charge in [-0.2, -0.15) is 0 Å². The Hall–Kier alpha value is -3.87. The fourth-order valence-electron chi connectivity index (χ4n) is 3.63. The number of phenolic OH excluding ortho intramolecular Hbond substituents is 2. The molecule has 0 spiro atoms. The quantitative estimate of drug-likeness (QED) is 0.507.